The molecule has 0 bridgehead atoms. The van der Waals surface area contributed by atoms with E-state index in [0.717, 1.165) is 33.7 Å². The highest BCUT2D eigenvalue weighted by Crippen LogP contribution is 2.28. The third-order valence-electron chi connectivity index (χ3n) is 3.97. The topological polar surface area (TPSA) is 33.2 Å². The van der Waals surface area contributed by atoms with E-state index in [9.17, 15) is 13.6 Å². The van der Waals surface area contributed by atoms with Gasteiger partial charge in [0, 0.05) is 12.6 Å². The number of likely N-dealkylation sites (N-methyl/N-ethyl adjacent to an activating group) is 1. The van der Waals surface area contributed by atoms with Gasteiger partial charge in [-0.1, -0.05) is 35.6 Å². The molecule has 2 aromatic carbocycles. The highest BCUT2D eigenvalue weighted by atomic mass is 32.2. The molecule has 0 saturated heterocycles. The summed E-state index contributed by atoms with van der Waals surface area (Å²) in [5.41, 5.74) is 2.32. The van der Waals surface area contributed by atoms with Crippen molar-refractivity contribution in [3.8, 4) is 11.1 Å². The second kappa shape index (κ2) is 7.55. The van der Waals surface area contributed by atoms with E-state index < -0.39 is 11.6 Å². The molecule has 0 fully saturated rings. The van der Waals surface area contributed by atoms with E-state index in [0.29, 0.717) is 10.7 Å². The number of nitrogens with zero attached hydrogens (tertiary/aromatic N) is 2. The minimum absolute atomic E-state index is 0.114. The van der Waals surface area contributed by atoms with Gasteiger partial charge < -0.3 is 0 Å². The van der Waals surface area contributed by atoms with Crippen LogP contribution < -0.4 is 4.90 Å². The lowest BCUT2D eigenvalue weighted by atomic mass is 10.0. The maximum Gasteiger partial charge on any atom is 0.232 e. The zero-order chi connectivity index (χ0) is 18.8. The highest BCUT2D eigenvalue weighted by molar-refractivity contribution is 7.83. The average Bonchev–Trinajstić information content (AvgIpc) is 2.96. The smallest absolute Gasteiger partial charge is 0.232 e. The molecule has 0 aliphatic rings. The Morgan fingerprint density at radius 1 is 1.19 bits per heavy atom. The highest BCUT2D eigenvalue weighted by Gasteiger charge is 2.16. The minimum Gasteiger partial charge on any atom is -0.291 e. The Bertz CT molecular complexity index is 935. The van der Waals surface area contributed by atoms with Crippen LogP contribution in [0.2, 0.25) is 0 Å². The van der Waals surface area contributed by atoms with Crippen LogP contribution in [-0.4, -0.2) is 17.9 Å². The third-order valence-corrected chi connectivity index (χ3v) is 5.60. The summed E-state index contributed by atoms with van der Waals surface area (Å²) in [5, 5.41) is 0.593. The first-order valence-corrected chi connectivity index (χ1v) is 9.09. The van der Waals surface area contributed by atoms with Gasteiger partial charge in [-0.2, -0.15) is 0 Å². The molecule has 0 aliphatic heterocycles. The largest absolute Gasteiger partial charge is 0.291 e. The number of anilines is 1. The number of halogens is 2. The Morgan fingerprint density at radius 3 is 2.50 bits per heavy atom. The molecular weight excluding hydrogens is 374 g/mol. The maximum absolute atomic E-state index is 13.9. The van der Waals surface area contributed by atoms with Crippen LogP contribution in [0.25, 0.3) is 11.1 Å². The maximum atomic E-state index is 13.9. The van der Waals surface area contributed by atoms with Crippen molar-refractivity contribution in [1.29, 1.82) is 0 Å². The normalized spacial score (nSPS) is 10.8. The van der Waals surface area contributed by atoms with Crippen molar-refractivity contribution in [2.24, 2.45) is 0 Å². The van der Waals surface area contributed by atoms with Crippen LogP contribution in [0.3, 0.4) is 0 Å². The second-order valence-electron chi connectivity index (χ2n) is 5.84. The van der Waals surface area contributed by atoms with Crippen molar-refractivity contribution in [3.63, 3.8) is 0 Å². The molecule has 7 heteroatoms. The fourth-order valence-corrected chi connectivity index (χ4v) is 3.52. The summed E-state index contributed by atoms with van der Waals surface area (Å²) in [6.45, 7) is 1.84. The van der Waals surface area contributed by atoms with Gasteiger partial charge in [-0.3, -0.25) is 9.69 Å². The molecule has 0 aliphatic carbocycles. The van der Waals surface area contributed by atoms with Gasteiger partial charge in [0.1, 0.15) is 11.6 Å². The lowest BCUT2D eigenvalue weighted by Crippen LogP contribution is -2.27. The first kappa shape index (κ1) is 18.5. The van der Waals surface area contributed by atoms with Crippen LogP contribution in [0.1, 0.15) is 11.3 Å². The standard InChI is InChI=1S/C19H16F2N2OS2/c1-11-18(25)26-19(22-11)23(2)17(24)9-12-3-5-13(6-4-12)15-10-14(20)7-8-16(15)21/h3-8,10,25H,9H2,1-2H3. The first-order chi connectivity index (χ1) is 12.3. The molecule has 0 radical (unpaired) electrons. The molecule has 1 aromatic heterocycles. The molecule has 0 unspecified atom stereocenters. The number of hydrogen-bond donors (Lipinski definition) is 1. The SMILES string of the molecule is Cc1nc(N(C)C(=O)Cc2ccc(-c3cc(F)ccc3F)cc2)sc1S. The number of aryl methyl sites for hydroxylation is 1. The van der Waals surface area contributed by atoms with Crippen molar-refractivity contribution >= 4 is 35.0 Å². The lowest BCUT2D eigenvalue weighted by Gasteiger charge is -2.14. The van der Waals surface area contributed by atoms with Crippen LogP contribution in [0, 0.1) is 18.6 Å². The Balaban J connectivity index is 1.74. The van der Waals surface area contributed by atoms with Crippen LogP contribution in [0.5, 0.6) is 0 Å². The van der Waals surface area contributed by atoms with Gasteiger partial charge in [0.2, 0.25) is 5.91 Å². The summed E-state index contributed by atoms with van der Waals surface area (Å²) < 4.78 is 28.0. The van der Waals surface area contributed by atoms with Crippen molar-refractivity contribution < 1.29 is 13.6 Å². The van der Waals surface area contributed by atoms with Gasteiger partial charge in [-0.05, 0) is 36.2 Å². The van der Waals surface area contributed by atoms with E-state index in [1.165, 1.54) is 16.2 Å². The Labute approximate surface area is 159 Å². The summed E-state index contributed by atoms with van der Waals surface area (Å²) in [6, 6.07) is 10.2. The number of carbonyl (C=O) groups is 1. The second-order valence-corrected chi connectivity index (χ2v) is 7.56. The minimum atomic E-state index is -0.496. The molecular formula is C19H16F2N2OS2. The van der Waals surface area contributed by atoms with Gasteiger partial charge >= 0.3 is 0 Å². The van der Waals surface area contributed by atoms with Crippen LogP contribution in [0.15, 0.2) is 46.7 Å². The molecule has 26 heavy (non-hydrogen) atoms. The summed E-state index contributed by atoms with van der Waals surface area (Å²) in [4.78, 5) is 18.3. The quantitative estimate of drug-likeness (QED) is 0.644. The summed E-state index contributed by atoms with van der Waals surface area (Å²) in [7, 11) is 1.67. The predicted molar refractivity (Wildman–Crippen MR) is 103 cm³/mol. The third kappa shape index (κ3) is 3.94. The molecule has 0 atom stereocenters. The molecule has 3 rings (SSSR count). The van der Waals surface area contributed by atoms with Crippen molar-refractivity contribution in [2.75, 3.05) is 11.9 Å². The van der Waals surface area contributed by atoms with E-state index in [1.807, 2.05) is 6.92 Å². The fraction of sp³-hybridized carbons (Fsp3) is 0.158. The summed E-state index contributed by atoms with van der Waals surface area (Å²) >= 11 is 5.65. The zero-order valence-electron chi connectivity index (χ0n) is 14.2. The molecule has 0 N–H and O–H groups in total. The number of carbonyl (C=O) groups excluding carboxylic acids is 1. The number of aromatic nitrogens is 1. The lowest BCUT2D eigenvalue weighted by molar-refractivity contribution is -0.117. The summed E-state index contributed by atoms with van der Waals surface area (Å²) in [6.07, 6.45) is 0.183. The Hall–Kier alpha value is -2.25. The first-order valence-electron chi connectivity index (χ1n) is 7.82. The van der Waals surface area contributed by atoms with E-state index in [1.54, 1.807) is 31.3 Å². The molecule has 3 nitrogen and oxygen atoms in total. The van der Waals surface area contributed by atoms with E-state index in [2.05, 4.69) is 17.6 Å². The van der Waals surface area contributed by atoms with Gasteiger partial charge in [-0.25, -0.2) is 13.8 Å². The molecule has 134 valence electrons. The molecule has 3 aromatic rings. The number of thiazole rings is 1. The Morgan fingerprint density at radius 2 is 1.88 bits per heavy atom. The van der Waals surface area contributed by atoms with E-state index in [-0.39, 0.29) is 17.9 Å². The van der Waals surface area contributed by atoms with E-state index >= 15 is 0 Å². The van der Waals surface area contributed by atoms with Crippen molar-refractivity contribution in [1.82, 2.24) is 4.98 Å². The monoisotopic (exact) mass is 390 g/mol. The fourth-order valence-electron chi connectivity index (χ4n) is 2.44. The van der Waals surface area contributed by atoms with Gasteiger partial charge in [0.25, 0.3) is 0 Å². The average molecular weight is 390 g/mol. The number of amides is 1. The van der Waals surface area contributed by atoms with Gasteiger partial charge in [-0.15, -0.1) is 12.6 Å². The predicted octanol–water partition coefficient (Wildman–Crippen LogP) is 4.89. The van der Waals surface area contributed by atoms with Crippen LogP contribution in [-0.2, 0) is 11.2 Å². The number of rotatable bonds is 4. The van der Waals surface area contributed by atoms with Gasteiger partial charge in [0.05, 0.1) is 16.3 Å². The Kier molecular flexibility index (Phi) is 5.38. The van der Waals surface area contributed by atoms with Crippen LogP contribution >= 0.6 is 24.0 Å². The molecule has 0 spiro atoms. The summed E-state index contributed by atoms with van der Waals surface area (Å²) in [5.74, 6) is -1.10. The van der Waals surface area contributed by atoms with Gasteiger partial charge in [0.15, 0.2) is 5.13 Å². The number of thiol groups is 1. The van der Waals surface area contributed by atoms with Crippen molar-refractivity contribution in [2.45, 2.75) is 17.6 Å². The molecule has 1 heterocycles. The molecule has 0 saturated carbocycles. The number of hydrogen-bond acceptors (Lipinski definition) is 4. The van der Waals surface area contributed by atoms with Crippen molar-refractivity contribution in [3.05, 3.63) is 65.4 Å². The molecule has 1 amide bonds. The number of benzene rings is 2. The van der Waals surface area contributed by atoms with Crippen LogP contribution in [0.4, 0.5) is 13.9 Å². The zero-order valence-corrected chi connectivity index (χ0v) is 15.9. The van der Waals surface area contributed by atoms with E-state index in [4.69, 9.17) is 0 Å².